The Kier molecular flexibility index (Phi) is 4.22. The number of rotatable bonds is 4. The van der Waals surface area contributed by atoms with Gasteiger partial charge in [0.1, 0.15) is 0 Å². The molecule has 0 bridgehead atoms. The average Bonchev–Trinajstić information content (AvgIpc) is 2.69. The van der Waals surface area contributed by atoms with Crippen LogP contribution in [-0.2, 0) is 21.3 Å². The van der Waals surface area contributed by atoms with Crippen LogP contribution in [0.25, 0.3) is 0 Å². The molecule has 0 fully saturated rings. The van der Waals surface area contributed by atoms with Gasteiger partial charge in [-0.2, -0.15) is 5.10 Å². The number of aliphatic hydroxyl groups excluding tert-OH is 1. The molecule has 0 aliphatic heterocycles. The highest BCUT2D eigenvalue weighted by molar-refractivity contribution is 5.91. The fourth-order valence-corrected chi connectivity index (χ4v) is 1.30. The van der Waals surface area contributed by atoms with E-state index >= 15 is 0 Å². The third kappa shape index (κ3) is 2.82. The van der Waals surface area contributed by atoms with Crippen LogP contribution < -0.4 is 0 Å². The van der Waals surface area contributed by atoms with Gasteiger partial charge in [-0.15, -0.1) is 0 Å². The van der Waals surface area contributed by atoms with Crippen molar-refractivity contribution in [2.24, 2.45) is 7.05 Å². The molecule has 1 N–H and O–H groups in total. The summed E-state index contributed by atoms with van der Waals surface area (Å²) in [5.74, 6) is -1.55. The predicted molar refractivity (Wildman–Crippen MR) is 56.1 cm³/mol. The summed E-state index contributed by atoms with van der Waals surface area (Å²) in [5, 5.41) is 13.5. The lowest BCUT2D eigenvalue weighted by Gasteiger charge is -2.07. The summed E-state index contributed by atoms with van der Waals surface area (Å²) >= 11 is 0. The van der Waals surface area contributed by atoms with Gasteiger partial charge in [-0.05, 0) is 6.92 Å². The number of aromatic nitrogens is 2. The van der Waals surface area contributed by atoms with Crippen molar-refractivity contribution in [1.82, 2.24) is 9.78 Å². The van der Waals surface area contributed by atoms with Gasteiger partial charge in [0.15, 0.2) is 11.8 Å². The quantitative estimate of drug-likeness (QED) is 0.735. The number of nitrogens with zero attached hydrogens (tertiary/aromatic N) is 2. The predicted octanol–water partition coefficient (Wildman–Crippen LogP) is -0.197. The van der Waals surface area contributed by atoms with E-state index in [1.54, 1.807) is 14.0 Å². The Morgan fingerprint density at radius 2 is 2.24 bits per heavy atom. The summed E-state index contributed by atoms with van der Waals surface area (Å²) in [7, 11) is 2.71. The first kappa shape index (κ1) is 13.2. The van der Waals surface area contributed by atoms with Crippen molar-refractivity contribution in [3.63, 3.8) is 0 Å². The van der Waals surface area contributed by atoms with Gasteiger partial charge < -0.3 is 14.6 Å². The third-order valence-electron chi connectivity index (χ3n) is 2.04. The highest BCUT2D eigenvalue weighted by atomic mass is 16.5. The first-order valence-electron chi connectivity index (χ1n) is 4.97. The monoisotopic (exact) mass is 242 g/mol. The van der Waals surface area contributed by atoms with Crippen LogP contribution in [0, 0.1) is 0 Å². The second-order valence-electron chi connectivity index (χ2n) is 3.25. The molecule has 7 heteroatoms. The Bertz CT molecular complexity index is 426. The molecule has 0 amide bonds. The summed E-state index contributed by atoms with van der Waals surface area (Å²) in [6, 6.07) is 0. The zero-order valence-corrected chi connectivity index (χ0v) is 9.84. The maximum Gasteiger partial charge on any atom is 0.359 e. The Morgan fingerprint density at radius 1 is 1.59 bits per heavy atom. The van der Waals surface area contributed by atoms with Gasteiger partial charge >= 0.3 is 11.9 Å². The van der Waals surface area contributed by atoms with E-state index in [0.717, 1.165) is 7.11 Å². The number of esters is 2. The van der Waals surface area contributed by atoms with Crippen LogP contribution in [0.4, 0.5) is 0 Å². The lowest BCUT2D eigenvalue weighted by atomic mass is 10.1. The fourth-order valence-electron chi connectivity index (χ4n) is 1.30. The van der Waals surface area contributed by atoms with Crippen molar-refractivity contribution in [3.8, 4) is 0 Å². The lowest BCUT2D eigenvalue weighted by Crippen LogP contribution is -2.17. The van der Waals surface area contributed by atoms with E-state index in [1.165, 1.54) is 10.9 Å². The first-order chi connectivity index (χ1) is 8.01. The van der Waals surface area contributed by atoms with Crippen LogP contribution in [0.5, 0.6) is 0 Å². The second-order valence-corrected chi connectivity index (χ2v) is 3.25. The topological polar surface area (TPSA) is 90.6 Å². The van der Waals surface area contributed by atoms with Crippen LogP contribution in [0.1, 0.15) is 29.1 Å². The minimum atomic E-state index is -1.55. The van der Waals surface area contributed by atoms with E-state index < -0.39 is 18.0 Å². The summed E-state index contributed by atoms with van der Waals surface area (Å²) in [4.78, 5) is 22.7. The van der Waals surface area contributed by atoms with Crippen LogP contribution in [0.3, 0.4) is 0 Å². The molecule has 0 aromatic carbocycles. The summed E-state index contributed by atoms with van der Waals surface area (Å²) < 4.78 is 10.5. The molecule has 0 saturated heterocycles. The molecule has 0 aliphatic rings. The Morgan fingerprint density at radius 3 is 2.76 bits per heavy atom. The largest absolute Gasteiger partial charge is 0.467 e. The normalized spacial score (nSPS) is 12.0. The molecule has 0 spiro atoms. The molecule has 0 radical (unpaired) electrons. The van der Waals surface area contributed by atoms with E-state index in [-0.39, 0.29) is 17.9 Å². The summed E-state index contributed by atoms with van der Waals surface area (Å²) in [5.41, 5.74) is -0.0231. The van der Waals surface area contributed by atoms with Crippen molar-refractivity contribution < 1.29 is 24.2 Å². The molecular weight excluding hydrogens is 228 g/mol. The van der Waals surface area contributed by atoms with Crippen molar-refractivity contribution in [2.45, 2.75) is 13.0 Å². The molecule has 1 heterocycles. The minimum Gasteiger partial charge on any atom is -0.467 e. The van der Waals surface area contributed by atoms with Gasteiger partial charge in [0.05, 0.1) is 13.7 Å². The van der Waals surface area contributed by atoms with Gasteiger partial charge in [0.25, 0.3) is 0 Å². The molecule has 1 atom stereocenters. The maximum absolute atomic E-state index is 11.5. The van der Waals surface area contributed by atoms with Gasteiger partial charge in [-0.1, -0.05) is 0 Å². The van der Waals surface area contributed by atoms with Gasteiger partial charge in [0, 0.05) is 18.8 Å². The number of hydrogen-bond donors (Lipinski definition) is 1. The van der Waals surface area contributed by atoms with Gasteiger partial charge in [0.2, 0.25) is 0 Å². The first-order valence-corrected chi connectivity index (χ1v) is 4.97. The molecule has 0 aliphatic carbocycles. The van der Waals surface area contributed by atoms with Gasteiger partial charge in [-0.3, -0.25) is 4.68 Å². The zero-order chi connectivity index (χ0) is 13.0. The number of aliphatic hydroxyl groups is 1. The highest BCUT2D eigenvalue weighted by Crippen LogP contribution is 2.18. The molecule has 94 valence electrons. The molecule has 17 heavy (non-hydrogen) atoms. The molecule has 7 nitrogen and oxygen atoms in total. The number of methoxy groups -OCH3 is 1. The Hall–Kier alpha value is -1.89. The van der Waals surface area contributed by atoms with Crippen LogP contribution in [0.2, 0.25) is 0 Å². The lowest BCUT2D eigenvalue weighted by molar-refractivity contribution is -0.150. The summed E-state index contributed by atoms with van der Waals surface area (Å²) in [6.07, 6.45) is -0.179. The van der Waals surface area contributed by atoms with E-state index in [1.807, 2.05) is 0 Å². The molecule has 1 unspecified atom stereocenters. The Balaban J connectivity index is 3.07. The van der Waals surface area contributed by atoms with Crippen molar-refractivity contribution in [1.29, 1.82) is 0 Å². The number of aryl methyl sites for hydroxylation is 1. The fraction of sp³-hybridized carbons (Fsp3) is 0.500. The van der Waals surface area contributed by atoms with Crippen LogP contribution >= 0.6 is 0 Å². The van der Waals surface area contributed by atoms with Crippen molar-refractivity contribution in [3.05, 3.63) is 17.5 Å². The third-order valence-corrected chi connectivity index (χ3v) is 2.04. The molecule has 1 aromatic rings. The van der Waals surface area contributed by atoms with E-state index in [2.05, 4.69) is 9.84 Å². The smallest absolute Gasteiger partial charge is 0.359 e. The standard InChI is InChI=1S/C10H14N2O5/c1-4-17-9(14)7-6(5-12(2)11-7)8(13)10(15)16-3/h5,8,13H,4H2,1-3H3. The minimum absolute atomic E-state index is 0.0674. The van der Waals surface area contributed by atoms with E-state index in [9.17, 15) is 14.7 Å². The number of hydrogen-bond acceptors (Lipinski definition) is 6. The van der Waals surface area contributed by atoms with Crippen LogP contribution in [0.15, 0.2) is 6.20 Å². The van der Waals surface area contributed by atoms with Gasteiger partial charge in [-0.25, -0.2) is 9.59 Å². The number of carbonyl (C=O) groups excluding carboxylic acids is 2. The zero-order valence-electron chi connectivity index (χ0n) is 9.84. The van der Waals surface area contributed by atoms with E-state index in [4.69, 9.17) is 4.74 Å². The molecule has 1 rings (SSSR count). The SMILES string of the molecule is CCOC(=O)c1nn(C)cc1C(O)C(=O)OC. The molecular formula is C10H14N2O5. The average molecular weight is 242 g/mol. The Labute approximate surface area is 97.9 Å². The second kappa shape index (κ2) is 5.44. The summed E-state index contributed by atoms with van der Waals surface area (Å²) in [6.45, 7) is 1.83. The molecule has 0 saturated carbocycles. The number of ether oxygens (including phenoxy) is 2. The number of carbonyl (C=O) groups is 2. The van der Waals surface area contributed by atoms with Crippen molar-refractivity contribution >= 4 is 11.9 Å². The molecule has 1 aromatic heterocycles. The van der Waals surface area contributed by atoms with Crippen LogP contribution in [-0.4, -0.2) is 40.5 Å². The highest BCUT2D eigenvalue weighted by Gasteiger charge is 2.27. The van der Waals surface area contributed by atoms with E-state index in [0.29, 0.717) is 0 Å². The maximum atomic E-state index is 11.5. The van der Waals surface area contributed by atoms with Crippen molar-refractivity contribution in [2.75, 3.05) is 13.7 Å².